The molecule has 3 aromatic rings. The molecule has 1 unspecified atom stereocenters. The zero-order valence-corrected chi connectivity index (χ0v) is 17.3. The summed E-state index contributed by atoms with van der Waals surface area (Å²) < 4.78 is 13.0. The molecule has 0 spiro atoms. The minimum Gasteiger partial charge on any atom is -0.496 e. The summed E-state index contributed by atoms with van der Waals surface area (Å²) in [5, 5.41) is 24.3. The van der Waals surface area contributed by atoms with E-state index in [0.29, 0.717) is 42.3 Å². The Morgan fingerprint density at radius 1 is 1.10 bits per heavy atom. The first-order valence-electron chi connectivity index (χ1n) is 9.88. The fraction of sp³-hybridized carbons (Fsp3) is 0.304. The number of carboxylic acids is 1. The summed E-state index contributed by atoms with van der Waals surface area (Å²) in [6.07, 6.45) is 0.0162. The Balaban J connectivity index is 2.19. The highest BCUT2D eigenvalue weighted by Crippen LogP contribution is 2.36. The van der Waals surface area contributed by atoms with Crippen LogP contribution in [-0.2, 0) is 6.54 Å². The molecule has 0 radical (unpaired) electrons. The molecule has 3 rings (SSSR count). The lowest BCUT2D eigenvalue weighted by atomic mass is 10.0. The average molecular weight is 410 g/mol. The van der Waals surface area contributed by atoms with Crippen LogP contribution in [-0.4, -0.2) is 45.8 Å². The summed E-state index contributed by atoms with van der Waals surface area (Å²) in [6, 6.07) is 14.2. The third-order valence-electron chi connectivity index (χ3n) is 4.82. The smallest absolute Gasteiger partial charge is 0.335 e. The topological polar surface area (TPSA) is 93.8 Å². The van der Waals surface area contributed by atoms with Gasteiger partial charge in [0.1, 0.15) is 11.5 Å². The first-order chi connectivity index (χ1) is 14.5. The van der Waals surface area contributed by atoms with E-state index in [0.717, 1.165) is 11.3 Å². The SMILES string of the molecule is CCOc1ccccc1-c1cc(-c2cc(C(=O)O)ccc2OC)nn1CC(O)CC. The third kappa shape index (κ3) is 4.46. The maximum Gasteiger partial charge on any atom is 0.335 e. The fourth-order valence-electron chi connectivity index (χ4n) is 3.23. The molecule has 2 aromatic carbocycles. The second-order valence-electron chi connectivity index (χ2n) is 6.81. The first-order valence-corrected chi connectivity index (χ1v) is 9.88. The van der Waals surface area contributed by atoms with E-state index >= 15 is 0 Å². The molecule has 1 heterocycles. The predicted molar refractivity (Wildman–Crippen MR) is 114 cm³/mol. The molecule has 7 heteroatoms. The normalized spacial score (nSPS) is 11.9. The van der Waals surface area contributed by atoms with E-state index in [1.807, 2.05) is 44.2 Å². The largest absolute Gasteiger partial charge is 0.496 e. The van der Waals surface area contributed by atoms with Crippen molar-refractivity contribution in [1.29, 1.82) is 0 Å². The maximum absolute atomic E-state index is 11.5. The van der Waals surface area contributed by atoms with E-state index in [-0.39, 0.29) is 5.56 Å². The van der Waals surface area contributed by atoms with Crippen LogP contribution in [0.25, 0.3) is 22.5 Å². The highest BCUT2D eigenvalue weighted by molar-refractivity contribution is 5.90. The number of carboxylic acid groups (broad SMARTS) is 1. The van der Waals surface area contributed by atoms with Crippen molar-refractivity contribution in [2.24, 2.45) is 0 Å². The molecule has 0 aliphatic rings. The predicted octanol–water partition coefficient (Wildman–Crippen LogP) is 4.09. The van der Waals surface area contributed by atoms with Crippen molar-refractivity contribution in [3.05, 3.63) is 54.1 Å². The number of ether oxygens (including phenoxy) is 2. The molecule has 0 aliphatic heterocycles. The number of aliphatic hydroxyl groups excluding tert-OH is 1. The Bertz CT molecular complexity index is 1030. The van der Waals surface area contributed by atoms with Crippen molar-refractivity contribution < 1.29 is 24.5 Å². The van der Waals surface area contributed by atoms with Crippen molar-refractivity contribution in [1.82, 2.24) is 9.78 Å². The number of aromatic carboxylic acids is 1. The van der Waals surface area contributed by atoms with Gasteiger partial charge in [0.25, 0.3) is 0 Å². The van der Waals surface area contributed by atoms with Gasteiger partial charge in [-0.15, -0.1) is 0 Å². The van der Waals surface area contributed by atoms with Crippen molar-refractivity contribution >= 4 is 5.97 Å². The Labute approximate surface area is 175 Å². The number of para-hydroxylation sites is 1. The number of aliphatic hydroxyl groups is 1. The minimum atomic E-state index is -1.03. The highest BCUT2D eigenvalue weighted by Gasteiger charge is 2.20. The molecular formula is C23H26N2O5. The Morgan fingerprint density at radius 2 is 1.87 bits per heavy atom. The maximum atomic E-state index is 11.5. The number of nitrogens with zero attached hydrogens (tertiary/aromatic N) is 2. The highest BCUT2D eigenvalue weighted by atomic mass is 16.5. The number of methoxy groups -OCH3 is 1. The summed E-state index contributed by atoms with van der Waals surface area (Å²) in [7, 11) is 1.53. The third-order valence-corrected chi connectivity index (χ3v) is 4.82. The average Bonchev–Trinajstić information content (AvgIpc) is 3.17. The lowest BCUT2D eigenvalue weighted by Gasteiger charge is -2.14. The van der Waals surface area contributed by atoms with Crippen LogP contribution < -0.4 is 9.47 Å². The van der Waals surface area contributed by atoms with Gasteiger partial charge in [0.15, 0.2) is 0 Å². The van der Waals surface area contributed by atoms with Gasteiger partial charge in [-0.3, -0.25) is 4.68 Å². The monoisotopic (exact) mass is 410 g/mol. The van der Waals surface area contributed by atoms with Crippen LogP contribution in [0.2, 0.25) is 0 Å². The van der Waals surface area contributed by atoms with Crippen molar-refractivity contribution in [2.75, 3.05) is 13.7 Å². The molecule has 30 heavy (non-hydrogen) atoms. The van der Waals surface area contributed by atoms with E-state index < -0.39 is 12.1 Å². The summed E-state index contributed by atoms with van der Waals surface area (Å²) in [5.74, 6) is 0.205. The molecule has 1 atom stereocenters. The van der Waals surface area contributed by atoms with Gasteiger partial charge < -0.3 is 19.7 Å². The Hall–Kier alpha value is -3.32. The van der Waals surface area contributed by atoms with Gasteiger partial charge in [0, 0.05) is 11.1 Å². The zero-order chi connectivity index (χ0) is 21.7. The Morgan fingerprint density at radius 3 is 2.53 bits per heavy atom. The molecule has 0 aliphatic carbocycles. The van der Waals surface area contributed by atoms with Gasteiger partial charge in [0.05, 0.1) is 43.3 Å². The molecule has 0 saturated carbocycles. The second kappa shape index (κ2) is 9.45. The van der Waals surface area contributed by atoms with Crippen molar-refractivity contribution in [2.45, 2.75) is 32.9 Å². The molecule has 0 bridgehead atoms. The van der Waals surface area contributed by atoms with Gasteiger partial charge in [-0.2, -0.15) is 5.10 Å². The van der Waals surface area contributed by atoms with Crippen LogP contribution in [0.3, 0.4) is 0 Å². The lowest BCUT2D eigenvalue weighted by molar-refractivity contribution is 0.0697. The molecule has 0 fully saturated rings. The van der Waals surface area contributed by atoms with Gasteiger partial charge in [-0.1, -0.05) is 19.1 Å². The fourth-order valence-corrected chi connectivity index (χ4v) is 3.23. The first kappa shape index (κ1) is 21.4. The minimum absolute atomic E-state index is 0.144. The van der Waals surface area contributed by atoms with Gasteiger partial charge in [0.2, 0.25) is 0 Å². The van der Waals surface area contributed by atoms with Gasteiger partial charge in [-0.25, -0.2) is 4.79 Å². The van der Waals surface area contributed by atoms with Crippen LogP contribution in [0.15, 0.2) is 48.5 Å². The quantitative estimate of drug-likeness (QED) is 0.552. The summed E-state index contributed by atoms with van der Waals surface area (Å²) >= 11 is 0. The number of hydrogen-bond acceptors (Lipinski definition) is 5. The Kier molecular flexibility index (Phi) is 6.74. The van der Waals surface area contributed by atoms with E-state index in [1.165, 1.54) is 13.2 Å². The van der Waals surface area contributed by atoms with E-state index in [1.54, 1.807) is 16.8 Å². The summed E-state index contributed by atoms with van der Waals surface area (Å²) in [4.78, 5) is 11.5. The number of aromatic nitrogens is 2. The van der Waals surface area contributed by atoms with Crippen molar-refractivity contribution in [3.63, 3.8) is 0 Å². The van der Waals surface area contributed by atoms with Crippen LogP contribution >= 0.6 is 0 Å². The molecule has 1 aromatic heterocycles. The van der Waals surface area contributed by atoms with Crippen LogP contribution in [0, 0.1) is 0 Å². The summed E-state index contributed by atoms with van der Waals surface area (Å²) in [5.41, 5.74) is 2.88. The number of carbonyl (C=O) groups is 1. The number of hydrogen-bond donors (Lipinski definition) is 2. The molecule has 0 saturated heterocycles. The van der Waals surface area contributed by atoms with E-state index in [4.69, 9.17) is 9.47 Å². The van der Waals surface area contributed by atoms with Gasteiger partial charge in [-0.05, 0) is 49.7 Å². The van der Waals surface area contributed by atoms with E-state index in [9.17, 15) is 15.0 Å². The van der Waals surface area contributed by atoms with E-state index in [2.05, 4.69) is 5.10 Å². The summed E-state index contributed by atoms with van der Waals surface area (Å²) in [6.45, 7) is 4.64. The molecule has 2 N–H and O–H groups in total. The van der Waals surface area contributed by atoms with Crippen LogP contribution in [0.5, 0.6) is 11.5 Å². The molecule has 158 valence electrons. The van der Waals surface area contributed by atoms with Crippen molar-refractivity contribution in [3.8, 4) is 34.0 Å². The number of benzene rings is 2. The van der Waals surface area contributed by atoms with Crippen LogP contribution in [0.4, 0.5) is 0 Å². The molecule has 7 nitrogen and oxygen atoms in total. The zero-order valence-electron chi connectivity index (χ0n) is 17.3. The molecule has 0 amide bonds. The number of rotatable bonds is 9. The van der Waals surface area contributed by atoms with Gasteiger partial charge >= 0.3 is 5.97 Å². The standard InChI is InChI=1S/C23H26N2O5/c1-4-16(26)14-25-20(17-8-6-7-9-22(17)30-5-2)13-19(24-25)18-12-15(23(27)28)10-11-21(18)29-3/h6-13,16,26H,4-5,14H2,1-3H3,(H,27,28). The lowest BCUT2D eigenvalue weighted by Crippen LogP contribution is -2.16. The van der Waals surface area contributed by atoms with Crippen LogP contribution in [0.1, 0.15) is 30.6 Å². The second-order valence-corrected chi connectivity index (χ2v) is 6.81. The molecular weight excluding hydrogens is 384 g/mol.